The van der Waals surface area contributed by atoms with Crippen molar-refractivity contribution < 1.29 is 0 Å². The molecule has 0 saturated carbocycles. The van der Waals surface area contributed by atoms with Crippen molar-refractivity contribution in [1.82, 2.24) is 0 Å². The summed E-state index contributed by atoms with van der Waals surface area (Å²) in [6, 6.07) is 13.5. The summed E-state index contributed by atoms with van der Waals surface area (Å²) in [4.78, 5) is 2.76. The zero-order chi connectivity index (χ0) is 13.1. The predicted octanol–water partition coefficient (Wildman–Crippen LogP) is 5.35. The van der Waals surface area contributed by atoms with E-state index in [1.54, 1.807) is 0 Å². The first-order valence-corrected chi connectivity index (χ1v) is 7.30. The molecule has 0 fully saturated rings. The molecule has 0 amide bonds. The summed E-state index contributed by atoms with van der Waals surface area (Å²) in [6.07, 6.45) is 0. The maximum Gasteiger partial charge on any atom is 0.0578 e. The smallest absolute Gasteiger partial charge is 0.0578 e. The molecule has 1 heterocycles. The number of aryl methyl sites for hydroxylation is 1. The second-order valence-corrected chi connectivity index (χ2v) is 6.41. The van der Waals surface area contributed by atoms with Gasteiger partial charge in [-0.3, -0.25) is 0 Å². The highest BCUT2D eigenvalue weighted by Crippen LogP contribution is 2.27. The number of hydrogen-bond donors (Lipinski definition) is 1. The second-order valence-electron chi connectivity index (χ2n) is 5.09. The van der Waals surface area contributed by atoms with Crippen LogP contribution in [-0.2, 0) is 0 Å². The Bertz CT molecular complexity index is 513. The van der Waals surface area contributed by atoms with E-state index in [1.165, 1.54) is 21.0 Å². The molecule has 1 atom stereocenters. The van der Waals surface area contributed by atoms with Crippen molar-refractivity contribution in [3.05, 3.63) is 51.7 Å². The zero-order valence-electron chi connectivity index (χ0n) is 11.5. The fraction of sp³-hybridized carbons (Fsp3) is 0.375. The molecule has 1 nitrogen and oxygen atoms in total. The minimum Gasteiger partial charge on any atom is -0.378 e. The molecule has 1 N–H and O–H groups in total. The van der Waals surface area contributed by atoms with Gasteiger partial charge in [0.15, 0.2) is 0 Å². The van der Waals surface area contributed by atoms with Gasteiger partial charge in [-0.05, 0) is 49.6 Å². The van der Waals surface area contributed by atoms with Crippen LogP contribution in [0.2, 0.25) is 0 Å². The molecule has 1 unspecified atom stereocenters. The van der Waals surface area contributed by atoms with Crippen molar-refractivity contribution in [3.8, 4) is 0 Å². The standard InChI is InChI=1S/C16H21NS/c1-11(2)14-6-5-7-15(10-14)17-13(4)16-9-8-12(3)18-16/h5-11,13,17H,1-4H3. The molecule has 2 aromatic rings. The van der Waals surface area contributed by atoms with Crippen LogP contribution in [0.25, 0.3) is 0 Å². The van der Waals surface area contributed by atoms with Gasteiger partial charge in [-0.15, -0.1) is 11.3 Å². The van der Waals surface area contributed by atoms with Crippen LogP contribution in [0.4, 0.5) is 5.69 Å². The van der Waals surface area contributed by atoms with Crippen LogP contribution in [-0.4, -0.2) is 0 Å². The molecule has 96 valence electrons. The molecule has 0 spiro atoms. The lowest BCUT2D eigenvalue weighted by Gasteiger charge is -2.15. The first-order valence-electron chi connectivity index (χ1n) is 6.49. The third-order valence-corrected chi connectivity index (χ3v) is 4.31. The van der Waals surface area contributed by atoms with E-state index >= 15 is 0 Å². The van der Waals surface area contributed by atoms with Gasteiger partial charge in [-0.25, -0.2) is 0 Å². The maximum absolute atomic E-state index is 3.58. The maximum atomic E-state index is 3.58. The summed E-state index contributed by atoms with van der Waals surface area (Å²) in [5.41, 5.74) is 2.59. The molecule has 0 aliphatic heterocycles. The van der Waals surface area contributed by atoms with Crippen LogP contribution in [0, 0.1) is 6.92 Å². The molecule has 1 aromatic carbocycles. The topological polar surface area (TPSA) is 12.0 Å². The quantitative estimate of drug-likeness (QED) is 0.780. The van der Waals surface area contributed by atoms with E-state index in [-0.39, 0.29) is 0 Å². The van der Waals surface area contributed by atoms with Crippen molar-refractivity contribution in [3.63, 3.8) is 0 Å². The Labute approximate surface area is 114 Å². The summed E-state index contributed by atoms with van der Waals surface area (Å²) < 4.78 is 0. The molecule has 2 rings (SSSR count). The first kappa shape index (κ1) is 13.2. The van der Waals surface area contributed by atoms with Crippen molar-refractivity contribution in [1.29, 1.82) is 0 Å². The van der Waals surface area contributed by atoms with Crippen LogP contribution in [0.5, 0.6) is 0 Å². The number of benzene rings is 1. The molecular formula is C16H21NS. The third-order valence-electron chi connectivity index (χ3n) is 3.12. The van der Waals surface area contributed by atoms with Crippen LogP contribution < -0.4 is 5.32 Å². The van der Waals surface area contributed by atoms with Gasteiger partial charge in [-0.1, -0.05) is 26.0 Å². The summed E-state index contributed by atoms with van der Waals surface area (Å²) in [6.45, 7) is 8.82. The Hall–Kier alpha value is -1.28. The van der Waals surface area contributed by atoms with Crippen molar-refractivity contribution >= 4 is 17.0 Å². The van der Waals surface area contributed by atoms with E-state index in [9.17, 15) is 0 Å². The van der Waals surface area contributed by atoms with Crippen molar-refractivity contribution in [2.75, 3.05) is 5.32 Å². The molecule has 18 heavy (non-hydrogen) atoms. The van der Waals surface area contributed by atoms with E-state index in [4.69, 9.17) is 0 Å². The molecule has 2 heteroatoms. The molecule has 0 radical (unpaired) electrons. The Kier molecular flexibility index (Phi) is 4.07. The van der Waals surface area contributed by atoms with Gasteiger partial charge in [-0.2, -0.15) is 0 Å². The molecular weight excluding hydrogens is 238 g/mol. The highest BCUT2D eigenvalue weighted by atomic mass is 32.1. The molecule has 0 aliphatic carbocycles. The molecule has 1 aromatic heterocycles. The summed E-state index contributed by atoms with van der Waals surface area (Å²) in [5.74, 6) is 0.575. The minimum absolute atomic E-state index is 0.367. The number of hydrogen-bond acceptors (Lipinski definition) is 2. The average molecular weight is 259 g/mol. The largest absolute Gasteiger partial charge is 0.378 e. The number of rotatable bonds is 4. The molecule has 0 bridgehead atoms. The average Bonchev–Trinajstić information content (AvgIpc) is 2.76. The van der Waals surface area contributed by atoms with Gasteiger partial charge in [0.2, 0.25) is 0 Å². The van der Waals surface area contributed by atoms with Crippen LogP contribution in [0.15, 0.2) is 36.4 Å². The number of nitrogens with one attached hydrogen (secondary N) is 1. The Morgan fingerprint density at radius 3 is 2.44 bits per heavy atom. The van der Waals surface area contributed by atoms with Gasteiger partial charge < -0.3 is 5.32 Å². The highest BCUT2D eigenvalue weighted by Gasteiger charge is 2.08. The second kappa shape index (κ2) is 5.57. The lowest BCUT2D eigenvalue weighted by Crippen LogP contribution is -2.05. The monoisotopic (exact) mass is 259 g/mol. The number of thiophene rings is 1. The van der Waals surface area contributed by atoms with Gasteiger partial charge in [0, 0.05) is 15.4 Å². The summed E-state index contributed by atoms with van der Waals surface area (Å²) in [7, 11) is 0. The minimum atomic E-state index is 0.367. The van der Waals surface area contributed by atoms with Gasteiger partial charge >= 0.3 is 0 Å². The molecule has 0 aliphatic rings. The van der Waals surface area contributed by atoms with E-state index in [2.05, 4.69) is 69.4 Å². The van der Waals surface area contributed by atoms with E-state index < -0.39 is 0 Å². The van der Waals surface area contributed by atoms with Gasteiger partial charge in [0.25, 0.3) is 0 Å². The van der Waals surface area contributed by atoms with Gasteiger partial charge in [0.1, 0.15) is 0 Å². The Balaban J connectivity index is 2.11. The lowest BCUT2D eigenvalue weighted by atomic mass is 10.0. The fourth-order valence-electron chi connectivity index (χ4n) is 1.99. The Morgan fingerprint density at radius 1 is 1.06 bits per heavy atom. The predicted molar refractivity (Wildman–Crippen MR) is 81.6 cm³/mol. The van der Waals surface area contributed by atoms with E-state index in [0.29, 0.717) is 12.0 Å². The van der Waals surface area contributed by atoms with Crippen molar-refractivity contribution in [2.24, 2.45) is 0 Å². The van der Waals surface area contributed by atoms with E-state index in [1.807, 2.05) is 11.3 Å². The van der Waals surface area contributed by atoms with Crippen LogP contribution >= 0.6 is 11.3 Å². The highest BCUT2D eigenvalue weighted by molar-refractivity contribution is 7.12. The van der Waals surface area contributed by atoms with Crippen LogP contribution in [0.3, 0.4) is 0 Å². The van der Waals surface area contributed by atoms with Gasteiger partial charge in [0.05, 0.1) is 6.04 Å². The normalized spacial score (nSPS) is 12.7. The first-order chi connectivity index (χ1) is 8.56. The third kappa shape index (κ3) is 3.14. The fourth-order valence-corrected chi connectivity index (χ4v) is 2.87. The Morgan fingerprint density at radius 2 is 1.83 bits per heavy atom. The summed E-state index contributed by atoms with van der Waals surface area (Å²) >= 11 is 1.86. The van der Waals surface area contributed by atoms with E-state index in [0.717, 1.165) is 0 Å². The number of anilines is 1. The lowest BCUT2D eigenvalue weighted by molar-refractivity contribution is 0.862. The van der Waals surface area contributed by atoms with Crippen molar-refractivity contribution in [2.45, 2.75) is 39.7 Å². The van der Waals surface area contributed by atoms with Crippen LogP contribution in [0.1, 0.15) is 48.0 Å². The molecule has 0 saturated heterocycles. The zero-order valence-corrected chi connectivity index (χ0v) is 12.3. The SMILES string of the molecule is Cc1ccc(C(C)Nc2cccc(C(C)C)c2)s1. The summed E-state index contributed by atoms with van der Waals surface area (Å²) in [5, 5.41) is 3.58.